The number of alkyl halides is 3. The zero-order valence-electron chi connectivity index (χ0n) is 10.4. The van der Waals surface area contributed by atoms with Crippen LogP contribution in [0.2, 0.25) is 0 Å². The SMILES string of the molecule is Cc1ncccc1Nc1nc(C(F)(F)F)ccc1C#N. The maximum atomic E-state index is 12.6. The molecule has 0 aliphatic carbocycles. The van der Waals surface area contributed by atoms with Crippen molar-refractivity contribution in [2.75, 3.05) is 5.32 Å². The van der Waals surface area contributed by atoms with Crippen molar-refractivity contribution >= 4 is 11.5 Å². The molecule has 0 radical (unpaired) electrons. The fraction of sp³-hybridized carbons (Fsp3) is 0.154. The van der Waals surface area contributed by atoms with Crippen LogP contribution < -0.4 is 5.32 Å². The molecule has 0 aliphatic heterocycles. The normalized spacial score (nSPS) is 10.9. The number of nitriles is 1. The van der Waals surface area contributed by atoms with E-state index in [0.717, 1.165) is 12.1 Å². The third kappa shape index (κ3) is 2.85. The van der Waals surface area contributed by atoms with E-state index in [1.54, 1.807) is 31.3 Å². The van der Waals surface area contributed by atoms with Crippen molar-refractivity contribution in [3.63, 3.8) is 0 Å². The maximum absolute atomic E-state index is 12.6. The number of aromatic nitrogens is 2. The first kappa shape index (κ1) is 13.8. The average molecular weight is 278 g/mol. The van der Waals surface area contributed by atoms with Crippen LogP contribution in [0.5, 0.6) is 0 Å². The van der Waals surface area contributed by atoms with Crippen LogP contribution in [0.15, 0.2) is 30.5 Å². The molecule has 4 nitrogen and oxygen atoms in total. The fourth-order valence-corrected chi connectivity index (χ4v) is 1.55. The summed E-state index contributed by atoms with van der Waals surface area (Å²) in [5.74, 6) is -0.140. The quantitative estimate of drug-likeness (QED) is 0.914. The predicted molar refractivity (Wildman–Crippen MR) is 66.2 cm³/mol. The van der Waals surface area contributed by atoms with Crippen LogP contribution in [0.1, 0.15) is 17.0 Å². The van der Waals surface area contributed by atoms with Crippen LogP contribution in [0, 0.1) is 18.3 Å². The van der Waals surface area contributed by atoms with E-state index in [4.69, 9.17) is 5.26 Å². The van der Waals surface area contributed by atoms with Gasteiger partial charge in [0.15, 0.2) is 0 Å². The Morgan fingerprint density at radius 3 is 2.60 bits per heavy atom. The molecule has 0 saturated carbocycles. The number of rotatable bonds is 2. The Morgan fingerprint density at radius 2 is 2.00 bits per heavy atom. The van der Waals surface area contributed by atoms with Gasteiger partial charge in [0.05, 0.1) is 16.9 Å². The molecule has 7 heteroatoms. The van der Waals surface area contributed by atoms with E-state index in [0.29, 0.717) is 11.4 Å². The highest BCUT2D eigenvalue weighted by Crippen LogP contribution is 2.30. The minimum absolute atomic E-state index is 0.0289. The number of nitrogens with zero attached hydrogens (tertiary/aromatic N) is 3. The molecule has 102 valence electrons. The molecule has 0 aliphatic rings. The minimum Gasteiger partial charge on any atom is -0.338 e. The van der Waals surface area contributed by atoms with Crippen molar-refractivity contribution in [2.24, 2.45) is 0 Å². The van der Waals surface area contributed by atoms with Crippen LogP contribution in [-0.4, -0.2) is 9.97 Å². The molecule has 0 spiro atoms. The van der Waals surface area contributed by atoms with Gasteiger partial charge in [-0.15, -0.1) is 0 Å². The van der Waals surface area contributed by atoms with Crippen LogP contribution in [0.3, 0.4) is 0 Å². The number of hydrogen-bond acceptors (Lipinski definition) is 4. The van der Waals surface area contributed by atoms with Gasteiger partial charge >= 0.3 is 6.18 Å². The molecule has 2 heterocycles. The summed E-state index contributed by atoms with van der Waals surface area (Å²) in [6, 6.07) is 6.94. The lowest BCUT2D eigenvalue weighted by Crippen LogP contribution is -2.10. The highest BCUT2D eigenvalue weighted by molar-refractivity contribution is 5.64. The Bertz CT molecular complexity index is 674. The molecule has 0 fully saturated rings. The Labute approximate surface area is 112 Å². The van der Waals surface area contributed by atoms with Gasteiger partial charge in [-0.05, 0) is 31.2 Å². The summed E-state index contributed by atoms with van der Waals surface area (Å²) in [4.78, 5) is 7.47. The molecule has 2 aromatic heterocycles. The Morgan fingerprint density at radius 1 is 1.25 bits per heavy atom. The van der Waals surface area contributed by atoms with Gasteiger partial charge in [0, 0.05) is 6.20 Å². The van der Waals surface area contributed by atoms with E-state index in [9.17, 15) is 13.2 Å². The zero-order chi connectivity index (χ0) is 14.8. The number of aryl methyl sites for hydroxylation is 1. The van der Waals surface area contributed by atoms with E-state index < -0.39 is 11.9 Å². The number of pyridine rings is 2. The standard InChI is InChI=1S/C13H9F3N4/c1-8-10(3-2-6-18-8)19-12-9(7-17)4-5-11(20-12)13(14,15)16/h2-6H,1H3,(H,19,20). The lowest BCUT2D eigenvalue weighted by atomic mass is 10.2. The summed E-state index contributed by atoms with van der Waals surface area (Å²) < 4.78 is 37.9. The third-order valence-electron chi connectivity index (χ3n) is 2.57. The third-order valence-corrected chi connectivity index (χ3v) is 2.57. The van der Waals surface area contributed by atoms with Crippen molar-refractivity contribution in [3.8, 4) is 6.07 Å². The van der Waals surface area contributed by atoms with Gasteiger partial charge < -0.3 is 5.32 Å². The van der Waals surface area contributed by atoms with Gasteiger partial charge in [-0.2, -0.15) is 18.4 Å². The number of halogens is 3. The maximum Gasteiger partial charge on any atom is 0.433 e. The van der Waals surface area contributed by atoms with E-state index in [1.807, 2.05) is 0 Å². The monoisotopic (exact) mass is 278 g/mol. The Kier molecular flexibility index (Phi) is 3.57. The lowest BCUT2D eigenvalue weighted by molar-refractivity contribution is -0.141. The van der Waals surface area contributed by atoms with Crippen LogP contribution in [0.25, 0.3) is 0 Å². The fourth-order valence-electron chi connectivity index (χ4n) is 1.55. The van der Waals surface area contributed by atoms with Gasteiger partial charge in [0.2, 0.25) is 0 Å². The molecule has 2 rings (SSSR count). The molecule has 20 heavy (non-hydrogen) atoms. The molecular weight excluding hydrogens is 269 g/mol. The van der Waals surface area contributed by atoms with Crippen molar-refractivity contribution in [1.29, 1.82) is 5.26 Å². The van der Waals surface area contributed by atoms with Crippen LogP contribution in [-0.2, 0) is 6.18 Å². The van der Waals surface area contributed by atoms with Gasteiger partial charge in [0.25, 0.3) is 0 Å². The molecule has 0 saturated heterocycles. The van der Waals surface area contributed by atoms with Gasteiger partial charge in [0.1, 0.15) is 17.6 Å². The molecule has 0 atom stereocenters. The summed E-state index contributed by atoms with van der Waals surface area (Å²) in [7, 11) is 0. The van der Waals surface area contributed by atoms with Crippen LogP contribution in [0.4, 0.5) is 24.7 Å². The molecular formula is C13H9F3N4. The van der Waals surface area contributed by atoms with E-state index in [2.05, 4.69) is 15.3 Å². The Balaban J connectivity index is 2.45. The second-order valence-corrected chi connectivity index (χ2v) is 3.96. The minimum atomic E-state index is -4.56. The van der Waals surface area contributed by atoms with Crippen molar-refractivity contribution < 1.29 is 13.2 Å². The molecule has 2 aromatic rings. The second kappa shape index (κ2) is 5.17. The Hall–Kier alpha value is -2.62. The lowest BCUT2D eigenvalue weighted by Gasteiger charge is -2.12. The van der Waals surface area contributed by atoms with Gasteiger partial charge in [-0.1, -0.05) is 0 Å². The second-order valence-electron chi connectivity index (χ2n) is 3.96. The predicted octanol–water partition coefficient (Wildman–Crippen LogP) is 3.42. The summed E-state index contributed by atoms with van der Waals surface area (Å²) in [6.07, 6.45) is -3.00. The zero-order valence-corrected chi connectivity index (χ0v) is 10.4. The smallest absolute Gasteiger partial charge is 0.338 e. The summed E-state index contributed by atoms with van der Waals surface area (Å²) in [5.41, 5.74) is 0.0632. The molecule has 0 amide bonds. The molecule has 0 aromatic carbocycles. The summed E-state index contributed by atoms with van der Waals surface area (Å²) in [5, 5.41) is 11.6. The summed E-state index contributed by atoms with van der Waals surface area (Å²) >= 11 is 0. The highest BCUT2D eigenvalue weighted by Gasteiger charge is 2.33. The van der Waals surface area contributed by atoms with Crippen molar-refractivity contribution in [1.82, 2.24) is 9.97 Å². The number of nitrogens with one attached hydrogen (secondary N) is 1. The first-order valence-electron chi connectivity index (χ1n) is 5.59. The van der Waals surface area contributed by atoms with Crippen molar-refractivity contribution in [2.45, 2.75) is 13.1 Å². The van der Waals surface area contributed by atoms with Gasteiger partial charge in [-0.25, -0.2) is 4.98 Å². The molecule has 1 N–H and O–H groups in total. The van der Waals surface area contributed by atoms with E-state index in [-0.39, 0.29) is 11.4 Å². The first-order chi connectivity index (χ1) is 9.41. The van der Waals surface area contributed by atoms with Gasteiger partial charge in [-0.3, -0.25) is 4.98 Å². The summed E-state index contributed by atoms with van der Waals surface area (Å²) in [6.45, 7) is 1.70. The molecule has 0 bridgehead atoms. The highest BCUT2D eigenvalue weighted by atomic mass is 19.4. The van der Waals surface area contributed by atoms with E-state index >= 15 is 0 Å². The number of hydrogen-bond donors (Lipinski definition) is 1. The first-order valence-corrected chi connectivity index (χ1v) is 5.59. The number of anilines is 2. The van der Waals surface area contributed by atoms with E-state index in [1.165, 1.54) is 0 Å². The largest absolute Gasteiger partial charge is 0.433 e. The van der Waals surface area contributed by atoms with Crippen molar-refractivity contribution in [3.05, 3.63) is 47.4 Å². The topological polar surface area (TPSA) is 61.6 Å². The average Bonchev–Trinajstić information content (AvgIpc) is 2.40. The molecule has 0 unspecified atom stereocenters. The van der Waals surface area contributed by atoms with Crippen LogP contribution >= 0.6 is 0 Å².